The largest absolute Gasteiger partial charge is 0.382 e. The van der Waals surface area contributed by atoms with Crippen molar-refractivity contribution in [3.8, 4) is 10.4 Å². The van der Waals surface area contributed by atoms with E-state index in [1.807, 2.05) is 13.0 Å². The van der Waals surface area contributed by atoms with E-state index in [2.05, 4.69) is 5.32 Å². The maximum Gasteiger partial charge on any atom is 0.261 e. The highest BCUT2D eigenvalue weighted by Gasteiger charge is 2.30. The Labute approximate surface area is 145 Å². The van der Waals surface area contributed by atoms with Crippen molar-refractivity contribution in [2.75, 3.05) is 19.8 Å². The molecule has 0 unspecified atom stereocenters. The smallest absolute Gasteiger partial charge is 0.261 e. The molecule has 7 heteroatoms. The maximum absolute atomic E-state index is 12.4. The molecule has 1 aromatic heterocycles. The molecule has 1 amide bonds. The van der Waals surface area contributed by atoms with Crippen LogP contribution in [0.3, 0.4) is 0 Å². The summed E-state index contributed by atoms with van der Waals surface area (Å²) in [5.41, 5.74) is 1.40. The van der Waals surface area contributed by atoms with Crippen molar-refractivity contribution >= 4 is 27.1 Å². The van der Waals surface area contributed by atoms with E-state index in [4.69, 9.17) is 4.74 Å². The third-order valence-corrected chi connectivity index (χ3v) is 6.73. The standard InChI is InChI=1S/C17H19NO4S2/c1-2-22-9-5-8-18-17(19)14-10-12-11-24(20,21)15-7-4-3-6-13(15)16(12)23-14/h3-4,6-7,10H,2,5,8-9,11H2,1H3,(H,18,19). The Morgan fingerprint density at radius 3 is 2.92 bits per heavy atom. The Bertz CT molecular complexity index is 855. The minimum absolute atomic E-state index is 0.0481. The van der Waals surface area contributed by atoms with Crippen LogP contribution in [0.1, 0.15) is 28.6 Å². The van der Waals surface area contributed by atoms with Gasteiger partial charge in [0.05, 0.1) is 15.5 Å². The van der Waals surface area contributed by atoms with E-state index < -0.39 is 9.84 Å². The Hall–Kier alpha value is -1.70. The summed E-state index contributed by atoms with van der Waals surface area (Å²) in [6.07, 6.45) is 0.752. The number of hydrogen-bond donors (Lipinski definition) is 1. The molecule has 1 N–H and O–H groups in total. The molecule has 0 saturated carbocycles. The van der Waals surface area contributed by atoms with Gasteiger partial charge in [-0.25, -0.2) is 8.42 Å². The van der Waals surface area contributed by atoms with Crippen LogP contribution in [-0.2, 0) is 20.3 Å². The normalized spacial score (nSPS) is 14.7. The van der Waals surface area contributed by atoms with E-state index in [1.165, 1.54) is 11.3 Å². The summed E-state index contributed by atoms with van der Waals surface area (Å²) in [4.78, 5) is 14.0. The van der Waals surface area contributed by atoms with Crippen molar-refractivity contribution in [2.24, 2.45) is 0 Å². The summed E-state index contributed by atoms with van der Waals surface area (Å²) >= 11 is 1.35. The summed E-state index contributed by atoms with van der Waals surface area (Å²) < 4.78 is 30.0. The first-order valence-electron chi connectivity index (χ1n) is 7.83. The lowest BCUT2D eigenvalue weighted by atomic mass is 10.1. The van der Waals surface area contributed by atoms with Crippen LogP contribution in [0.2, 0.25) is 0 Å². The molecule has 0 atom stereocenters. The van der Waals surface area contributed by atoms with Gasteiger partial charge in [0, 0.05) is 30.2 Å². The van der Waals surface area contributed by atoms with Crippen molar-refractivity contribution in [1.29, 1.82) is 0 Å². The van der Waals surface area contributed by atoms with Crippen molar-refractivity contribution in [3.63, 3.8) is 0 Å². The third kappa shape index (κ3) is 3.38. The average Bonchev–Trinajstić information content (AvgIpc) is 2.98. The number of thiophene rings is 1. The monoisotopic (exact) mass is 365 g/mol. The zero-order valence-electron chi connectivity index (χ0n) is 13.4. The fraction of sp³-hybridized carbons (Fsp3) is 0.353. The predicted octanol–water partition coefficient (Wildman–Crippen LogP) is 2.86. The molecule has 0 spiro atoms. The topological polar surface area (TPSA) is 72.5 Å². The van der Waals surface area contributed by atoms with E-state index >= 15 is 0 Å². The number of rotatable bonds is 6. The van der Waals surface area contributed by atoms with Crippen molar-refractivity contribution in [2.45, 2.75) is 24.0 Å². The molecule has 0 saturated heterocycles. The predicted molar refractivity (Wildman–Crippen MR) is 94.1 cm³/mol. The third-order valence-electron chi connectivity index (χ3n) is 3.80. The second-order valence-corrected chi connectivity index (χ2v) is 8.54. The second kappa shape index (κ2) is 7.04. The first-order valence-corrected chi connectivity index (χ1v) is 10.3. The molecule has 24 heavy (non-hydrogen) atoms. The van der Waals surface area contributed by atoms with Gasteiger partial charge in [0.1, 0.15) is 0 Å². The van der Waals surface area contributed by atoms with Gasteiger partial charge in [-0.3, -0.25) is 4.79 Å². The highest BCUT2D eigenvalue weighted by molar-refractivity contribution is 7.91. The van der Waals surface area contributed by atoms with E-state index in [0.717, 1.165) is 11.3 Å². The van der Waals surface area contributed by atoms with Crippen LogP contribution in [0.15, 0.2) is 35.2 Å². The Morgan fingerprint density at radius 1 is 1.33 bits per heavy atom. The van der Waals surface area contributed by atoms with Gasteiger partial charge >= 0.3 is 0 Å². The number of sulfone groups is 1. The second-order valence-electron chi connectivity index (χ2n) is 5.53. The molecule has 0 radical (unpaired) electrons. The van der Waals surface area contributed by atoms with E-state index in [0.29, 0.717) is 40.7 Å². The summed E-state index contributed by atoms with van der Waals surface area (Å²) in [6.45, 7) is 3.75. The first-order chi connectivity index (χ1) is 11.5. The zero-order chi connectivity index (χ0) is 17.2. The number of hydrogen-bond acceptors (Lipinski definition) is 5. The molecule has 1 aliphatic rings. The van der Waals surface area contributed by atoms with Crippen LogP contribution < -0.4 is 5.32 Å². The SMILES string of the molecule is CCOCCCNC(=O)c1cc2c(s1)-c1ccccc1S(=O)(=O)C2. The molecule has 1 aliphatic heterocycles. The average molecular weight is 365 g/mol. The Kier molecular flexibility index (Phi) is 5.03. The number of amides is 1. The quantitative estimate of drug-likeness (QED) is 0.799. The van der Waals surface area contributed by atoms with Gasteiger partial charge < -0.3 is 10.1 Å². The van der Waals surface area contributed by atoms with Crippen LogP contribution in [0, 0.1) is 0 Å². The molecule has 2 aromatic rings. The van der Waals surface area contributed by atoms with Gasteiger partial charge in [0.2, 0.25) is 0 Å². The van der Waals surface area contributed by atoms with Gasteiger partial charge in [-0.2, -0.15) is 0 Å². The number of nitrogens with one attached hydrogen (secondary N) is 1. The molecule has 3 rings (SSSR count). The summed E-state index contributed by atoms with van der Waals surface area (Å²) in [6, 6.07) is 8.66. The lowest BCUT2D eigenvalue weighted by Gasteiger charge is -2.15. The minimum atomic E-state index is -3.34. The molecule has 1 aromatic carbocycles. The molecule has 2 heterocycles. The number of carbonyl (C=O) groups is 1. The number of fused-ring (bicyclic) bond motifs is 3. The Balaban J connectivity index is 1.79. The number of ether oxygens (including phenoxy) is 1. The van der Waals surface area contributed by atoms with Crippen molar-refractivity contribution in [1.82, 2.24) is 5.32 Å². The molecule has 5 nitrogen and oxygen atoms in total. The molecular formula is C17H19NO4S2. The molecule has 128 valence electrons. The van der Waals surface area contributed by atoms with Crippen molar-refractivity contribution in [3.05, 3.63) is 40.8 Å². The molecule has 0 bridgehead atoms. The van der Waals surface area contributed by atoms with Gasteiger partial charge in [-0.05, 0) is 31.0 Å². The van der Waals surface area contributed by atoms with Crippen molar-refractivity contribution < 1.29 is 17.9 Å². The molecule has 0 aliphatic carbocycles. The van der Waals surface area contributed by atoms with Gasteiger partial charge in [-0.1, -0.05) is 18.2 Å². The highest BCUT2D eigenvalue weighted by Crippen LogP contribution is 2.42. The van der Waals surface area contributed by atoms with Gasteiger partial charge in [-0.15, -0.1) is 11.3 Å². The molecule has 0 fully saturated rings. The van der Waals surface area contributed by atoms with Crippen LogP contribution in [-0.4, -0.2) is 34.1 Å². The summed E-state index contributed by atoms with van der Waals surface area (Å²) in [5.74, 6) is -0.214. The fourth-order valence-corrected chi connectivity index (χ4v) is 5.57. The summed E-state index contributed by atoms with van der Waals surface area (Å²) in [5, 5.41) is 2.85. The Morgan fingerprint density at radius 2 is 2.12 bits per heavy atom. The van der Waals surface area contributed by atoms with E-state index in [1.54, 1.807) is 24.3 Å². The highest BCUT2D eigenvalue weighted by atomic mass is 32.2. The van der Waals surface area contributed by atoms with Gasteiger partial charge in [0.15, 0.2) is 9.84 Å². The fourth-order valence-electron chi connectivity index (χ4n) is 2.69. The lowest BCUT2D eigenvalue weighted by molar-refractivity contribution is 0.0948. The van der Waals surface area contributed by atoms with Gasteiger partial charge in [0.25, 0.3) is 5.91 Å². The van der Waals surface area contributed by atoms with E-state index in [9.17, 15) is 13.2 Å². The molecular weight excluding hydrogens is 346 g/mol. The van der Waals surface area contributed by atoms with Crippen LogP contribution in [0.5, 0.6) is 0 Å². The minimum Gasteiger partial charge on any atom is -0.382 e. The van der Waals surface area contributed by atoms with E-state index in [-0.39, 0.29) is 11.7 Å². The van der Waals surface area contributed by atoms with Crippen LogP contribution in [0.25, 0.3) is 10.4 Å². The lowest BCUT2D eigenvalue weighted by Crippen LogP contribution is -2.24. The summed E-state index contributed by atoms with van der Waals surface area (Å²) in [7, 11) is -3.34. The van der Waals surface area contributed by atoms with Crippen LogP contribution >= 0.6 is 11.3 Å². The number of carbonyl (C=O) groups excluding carboxylic acids is 1. The van der Waals surface area contributed by atoms with Crippen LogP contribution in [0.4, 0.5) is 0 Å². The number of benzene rings is 1. The first kappa shape index (κ1) is 17.1. The maximum atomic E-state index is 12.4. The zero-order valence-corrected chi connectivity index (χ0v) is 15.0.